The Morgan fingerprint density at radius 1 is 1.28 bits per heavy atom. The SMILES string of the molecule is C[C@@H](NCC1CCCCC1)NC(=O)OC(C)(C)C. The number of carbonyl (C=O) groups excluding carboxylic acids is 1. The van der Waals surface area contributed by atoms with Crippen LogP contribution in [0.25, 0.3) is 0 Å². The molecule has 0 unspecified atom stereocenters. The average Bonchev–Trinajstić information content (AvgIpc) is 2.25. The second kappa shape index (κ2) is 6.98. The standard InChI is InChI=1S/C14H28N2O2/c1-11(16-13(17)18-14(2,3)4)15-10-12-8-6-5-7-9-12/h11-12,15H,5-10H2,1-4H3,(H,16,17)/t11-/m0/s1. The molecule has 4 nitrogen and oxygen atoms in total. The molecule has 1 amide bonds. The van der Waals surface area contributed by atoms with Crippen molar-refractivity contribution in [1.29, 1.82) is 0 Å². The number of alkyl carbamates (subject to hydrolysis) is 1. The maximum absolute atomic E-state index is 11.5. The van der Waals surface area contributed by atoms with Crippen LogP contribution in [-0.2, 0) is 4.74 Å². The van der Waals surface area contributed by atoms with Gasteiger partial charge in [0.25, 0.3) is 0 Å². The predicted octanol–water partition coefficient (Wildman–Crippen LogP) is 3.03. The van der Waals surface area contributed by atoms with Gasteiger partial charge in [-0.05, 0) is 53.0 Å². The van der Waals surface area contributed by atoms with Gasteiger partial charge in [-0.15, -0.1) is 0 Å². The maximum Gasteiger partial charge on any atom is 0.408 e. The van der Waals surface area contributed by atoms with Gasteiger partial charge in [-0.1, -0.05) is 19.3 Å². The highest BCUT2D eigenvalue weighted by Crippen LogP contribution is 2.22. The van der Waals surface area contributed by atoms with E-state index in [0.29, 0.717) is 0 Å². The zero-order valence-corrected chi connectivity index (χ0v) is 12.2. The molecule has 106 valence electrons. The fourth-order valence-electron chi connectivity index (χ4n) is 2.27. The van der Waals surface area contributed by atoms with Gasteiger partial charge in [-0.25, -0.2) is 4.79 Å². The Balaban J connectivity index is 2.16. The van der Waals surface area contributed by atoms with Crippen molar-refractivity contribution in [2.24, 2.45) is 5.92 Å². The van der Waals surface area contributed by atoms with E-state index in [1.54, 1.807) is 0 Å². The molecule has 1 fully saturated rings. The Hall–Kier alpha value is -0.770. The van der Waals surface area contributed by atoms with Crippen LogP contribution in [-0.4, -0.2) is 24.4 Å². The molecule has 4 heteroatoms. The van der Waals surface area contributed by atoms with Gasteiger partial charge in [0.1, 0.15) is 5.60 Å². The number of carbonyl (C=O) groups is 1. The van der Waals surface area contributed by atoms with Gasteiger partial charge in [0.2, 0.25) is 0 Å². The Labute approximate surface area is 111 Å². The van der Waals surface area contributed by atoms with E-state index in [1.807, 2.05) is 27.7 Å². The first kappa shape index (κ1) is 15.3. The second-order valence-corrected chi connectivity index (χ2v) is 6.28. The summed E-state index contributed by atoms with van der Waals surface area (Å²) in [6.45, 7) is 8.54. The Morgan fingerprint density at radius 2 is 1.89 bits per heavy atom. The first-order chi connectivity index (χ1) is 8.37. The smallest absolute Gasteiger partial charge is 0.408 e. The molecule has 0 aliphatic heterocycles. The van der Waals surface area contributed by atoms with Gasteiger partial charge >= 0.3 is 6.09 Å². The largest absolute Gasteiger partial charge is 0.444 e. The van der Waals surface area contributed by atoms with E-state index in [4.69, 9.17) is 4.74 Å². The van der Waals surface area contributed by atoms with Crippen molar-refractivity contribution in [2.75, 3.05) is 6.54 Å². The zero-order chi connectivity index (χ0) is 13.6. The van der Waals surface area contributed by atoms with Crippen LogP contribution in [0.3, 0.4) is 0 Å². The molecule has 2 N–H and O–H groups in total. The molecule has 1 atom stereocenters. The van der Waals surface area contributed by atoms with Crippen LogP contribution >= 0.6 is 0 Å². The number of nitrogens with one attached hydrogen (secondary N) is 2. The van der Waals surface area contributed by atoms with E-state index in [0.717, 1.165) is 12.5 Å². The first-order valence-electron chi connectivity index (χ1n) is 7.10. The van der Waals surface area contributed by atoms with Crippen molar-refractivity contribution < 1.29 is 9.53 Å². The third kappa shape index (κ3) is 6.84. The highest BCUT2D eigenvalue weighted by atomic mass is 16.6. The number of hydrogen-bond donors (Lipinski definition) is 2. The monoisotopic (exact) mass is 256 g/mol. The van der Waals surface area contributed by atoms with E-state index >= 15 is 0 Å². The highest BCUT2D eigenvalue weighted by Gasteiger charge is 2.18. The van der Waals surface area contributed by atoms with Crippen LogP contribution in [0.1, 0.15) is 59.8 Å². The van der Waals surface area contributed by atoms with Gasteiger partial charge in [0.05, 0.1) is 6.17 Å². The van der Waals surface area contributed by atoms with E-state index in [2.05, 4.69) is 10.6 Å². The second-order valence-electron chi connectivity index (χ2n) is 6.28. The van der Waals surface area contributed by atoms with Crippen LogP contribution in [0.5, 0.6) is 0 Å². The van der Waals surface area contributed by atoms with Gasteiger partial charge in [-0.3, -0.25) is 5.32 Å². The van der Waals surface area contributed by atoms with Crippen molar-refractivity contribution in [3.05, 3.63) is 0 Å². The van der Waals surface area contributed by atoms with E-state index in [1.165, 1.54) is 32.1 Å². The maximum atomic E-state index is 11.5. The minimum atomic E-state index is -0.437. The minimum Gasteiger partial charge on any atom is -0.444 e. The zero-order valence-electron chi connectivity index (χ0n) is 12.2. The molecule has 0 aromatic heterocycles. The quantitative estimate of drug-likeness (QED) is 0.760. The van der Waals surface area contributed by atoms with Crippen LogP contribution in [0.15, 0.2) is 0 Å². The lowest BCUT2D eigenvalue weighted by Gasteiger charge is -2.25. The summed E-state index contributed by atoms with van der Waals surface area (Å²) in [5.41, 5.74) is -0.437. The molecular weight excluding hydrogens is 228 g/mol. The normalized spacial score (nSPS) is 19.3. The summed E-state index contributed by atoms with van der Waals surface area (Å²) in [5.74, 6) is 0.765. The first-order valence-corrected chi connectivity index (χ1v) is 7.10. The summed E-state index contributed by atoms with van der Waals surface area (Å²) in [6, 6.07) is 0. The Bertz CT molecular complexity index is 255. The lowest BCUT2D eigenvalue weighted by molar-refractivity contribution is 0.0498. The number of rotatable bonds is 4. The van der Waals surface area contributed by atoms with Gasteiger partial charge in [-0.2, -0.15) is 0 Å². The highest BCUT2D eigenvalue weighted by molar-refractivity contribution is 5.67. The number of amides is 1. The third-order valence-corrected chi connectivity index (χ3v) is 3.17. The third-order valence-electron chi connectivity index (χ3n) is 3.17. The Morgan fingerprint density at radius 3 is 2.44 bits per heavy atom. The number of ether oxygens (including phenoxy) is 1. The van der Waals surface area contributed by atoms with Gasteiger partial charge in [0, 0.05) is 0 Å². The summed E-state index contributed by atoms with van der Waals surface area (Å²) < 4.78 is 5.21. The summed E-state index contributed by atoms with van der Waals surface area (Å²) in [6.07, 6.45) is 6.30. The molecule has 0 heterocycles. The molecule has 1 aliphatic carbocycles. The number of hydrogen-bond acceptors (Lipinski definition) is 3. The molecular formula is C14H28N2O2. The minimum absolute atomic E-state index is 0.0400. The van der Waals surface area contributed by atoms with Crippen LogP contribution in [0.2, 0.25) is 0 Å². The van der Waals surface area contributed by atoms with Crippen molar-refractivity contribution in [2.45, 2.75) is 71.6 Å². The summed E-state index contributed by atoms with van der Waals surface area (Å²) >= 11 is 0. The lowest BCUT2D eigenvalue weighted by Crippen LogP contribution is -2.46. The van der Waals surface area contributed by atoms with Gasteiger partial charge < -0.3 is 10.1 Å². The predicted molar refractivity (Wildman–Crippen MR) is 73.4 cm³/mol. The average molecular weight is 256 g/mol. The molecule has 0 spiro atoms. The molecule has 1 rings (SSSR count). The van der Waals surface area contributed by atoms with Crippen LogP contribution in [0, 0.1) is 5.92 Å². The molecule has 1 saturated carbocycles. The fraction of sp³-hybridized carbons (Fsp3) is 0.929. The summed E-state index contributed by atoms with van der Waals surface area (Å²) in [4.78, 5) is 11.5. The van der Waals surface area contributed by atoms with Crippen molar-refractivity contribution in [3.63, 3.8) is 0 Å². The molecule has 18 heavy (non-hydrogen) atoms. The van der Waals surface area contributed by atoms with Crippen molar-refractivity contribution >= 4 is 6.09 Å². The topological polar surface area (TPSA) is 50.4 Å². The van der Waals surface area contributed by atoms with E-state index < -0.39 is 5.60 Å². The molecule has 0 saturated heterocycles. The van der Waals surface area contributed by atoms with Gasteiger partial charge in [0.15, 0.2) is 0 Å². The van der Waals surface area contributed by atoms with E-state index in [9.17, 15) is 4.79 Å². The Kier molecular flexibility index (Phi) is 5.93. The molecule has 0 aromatic carbocycles. The molecule has 0 aromatic rings. The summed E-state index contributed by atoms with van der Waals surface area (Å²) in [7, 11) is 0. The molecule has 0 radical (unpaired) electrons. The fourth-order valence-corrected chi connectivity index (χ4v) is 2.27. The molecule has 0 bridgehead atoms. The van der Waals surface area contributed by atoms with Crippen LogP contribution < -0.4 is 10.6 Å². The molecule has 1 aliphatic rings. The van der Waals surface area contributed by atoms with Crippen LogP contribution in [0.4, 0.5) is 4.79 Å². The lowest BCUT2D eigenvalue weighted by atomic mass is 9.89. The summed E-state index contributed by atoms with van der Waals surface area (Å²) in [5, 5.41) is 6.16. The van der Waals surface area contributed by atoms with Crippen molar-refractivity contribution in [3.8, 4) is 0 Å². The van der Waals surface area contributed by atoms with Crippen molar-refractivity contribution in [1.82, 2.24) is 10.6 Å². The van der Waals surface area contributed by atoms with E-state index in [-0.39, 0.29) is 12.3 Å².